The molecule has 0 saturated heterocycles. The van der Waals surface area contributed by atoms with Gasteiger partial charge in [0.15, 0.2) is 0 Å². The fraction of sp³-hybridized carbons (Fsp3) is 0.233. The molecule has 4 aromatic rings. The Kier molecular flexibility index (Phi) is 7.84. The molecule has 0 aromatic heterocycles. The van der Waals surface area contributed by atoms with Gasteiger partial charge in [-0.25, -0.2) is 0 Å². The van der Waals surface area contributed by atoms with E-state index in [1.165, 1.54) is 0 Å². The van der Waals surface area contributed by atoms with E-state index in [1.54, 1.807) is 13.8 Å². The SMILES string of the molecule is CC(C)(N)C(=O)N[C@H](Cc1ccc2ccccc2c1)C(=O)NC(Cc1cccc2ccccc12)NC=O. The van der Waals surface area contributed by atoms with Gasteiger partial charge in [0.1, 0.15) is 12.2 Å². The van der Waals surface area contributed by atoms with Crippen LogP contribution in [0.25, 0.3) is 21.5 Å². The molecule has 0 fully saturated rings. The van der Waals surface area contributed by atoms with E-state index in [1.807, 2.05) is 84.9 Å². The zero-order chi connectivity index (χ0) is 26.4. The van der Waals surface area contributed by atoms with Gasteiger partial charge < -0.3 is 21.7 Å². The number of hydrogen-bond donors (Lipinski definition) is 4. The summed E-state index contributed by atoms with van der Waals surface area (Å²) in [7, 11) is 0. The van der Waals surface area contributed by atoms with Crippen molar-refractivity contribution >= 4 is 39.8 Å². The van der Waals surface area contributed by atoms with Crippen LogP contribution < -0.4 is 21.7 Å². The molecule has 0 aliphatic rings. The summed E-state index contributed by atoms with van der Waals surface area (Å²) in [6, 6.07) is 26.9. The van der Waals surface area contributed by atoms with Gasteiger partial charge in [-0.05, 0) is 46.5 Å². The highest BCUT2D eigenvalue weighted by Gasteiger charge is 2.29. The summed E-state index contributed by atoms with van der Waals surface area (Å²) in [6.07, 6.45) is 0.541. The second kappa shape index (κ2) is 11.2. The van der Waals surface area contributed by atoms with E-state index in [2.05, 4.69) is 16.0 Å². The summed E-state index contributed by atoms with van der Waals surface area (Å²) >= 11 is 0. The summed E-state index contributed by atoms with van der Waals surface area (Å²) in [5, 5.41) is 12.7. The van der Waals surface area contributed by atoms with Crippen molar-refractivity contribution in [1.29, 1.82) is 0 Å². The standard InChI is InChI=1S/C30H32N4O3/c1-30(2,31)29(37)33-26(17-20-14-15-21-8-3-4-10-23(21)16-20)28(36)34-27(32-19-35)18-24-12-7-11-22-9-5-6-13-25(22)24/h3-16,19,26-27H,17-18,31H2,1-2H3,(H,32,35)(H,33,37)(H,34,36)/t26-,27?/m1/s1. The topological polar surface area (TPSA) is 113 Å². The van der Waals surface area contributed by atoms with Crippen LogP contribution in [0.15, 0.2) is 84.9 Å². The van der Waals surface area contributed by atoms with Crippen molar-refractivity contribution in [2.75, 3.05) is 0 Å². The van der Waals surface area contributed by atoms with Crippen LogP contribution in [0, 0.1) is 0 Å². The average Bonchev–Trinajstić information content (AvgIpc) is 2.88. The van der Waals surface area contributed by atoms with Gasteiger partial charge in [0, 0.05) is 12.8 Å². The number of fused-ring (bicyclic) bond motifs is 2. The molecule has 4 aromatic carbocycles. The summed E-state index contributed by atoms with van der Waals surface area (Å²) in [5.74, 6) is -0.854. The minimum atomic E-state index is -1.16. The first-order valence-corrected chi connectivity index (χ1v) is 12.3. The van der Waals surface area contributed by atoms with Gasteiger partial charge in [0.2, 0.25) is 18.2 Å². The third-order valence-electron chi connectivity index (χ3n) is 6.35. The van der Waals surface area contributed by atoms with E-state index in [9.17, 15) is 14.4 Å². The molecule has 37 heavy (non-hydrogen) atoms. The number of carbonyl (C=O) groups is 3. The Bertz CT molecular complexity index is 1420. The highest BCUT2D eigenvalue weighted by atomic mass is 16.2. The third-order valence-corrected chi connectivity index (χ3v) is 6.35. The highest BCUT2D eigenvalue weighted by Crippen LogP contribution is 2.20. The van der Waals surface area contributed by atoms with Crippen LogP contribution in [0.3, 0.4) is 0 Å². The van der Waals surface area contributed by atoms with E-state index >= 15 is 0 Å². The van der Waals surface area contributed by atoms with Crippen LogP contribution in [-0.2, 0) is 27.2 Å². The Morgan fingerprint density at radius 3 is 2.24 bits per heavy atom. The number of nitrogens with two attached hydrogens (primary N) is 1. The number of rotatable bonds is 10. The lowest BCUT2D eigenvalue weighted by atomic mass is 9.99. The maximum atomic E-state index is 13.5. The predicted molar refractivity (Wildman–Crippen MR) is 147 cm³/mol. The molecule has 0 heterocycles. The predicted octanol–water partition coefficient (Wildman–Crippen LogP) is 3.19. The minimum Gasteiger partial charge on any atom is -0.342 e. The Morgan fingerprint density at radius 2 is 1.51 bits per heavy atom. The molecule has 1 unspecified atom stereocenters. The second-order valence-electron chi connectivity index (χ2n) is 9.82. The van der Waals surface area contributed by atoms with Crippen molar-refractivity contribution in [3.8, 4) is 0 Å². The van der Waals surface area contributed by atoms with Gasteiger partial charge in [-0.15, -0.1) is 0 Å². The van der Waals surface area contributed by atoms with E-state index in [4.69, 9.17) is 5.73 Å². The van der Waals surface area contributed by atoms with Crippen LogP contribution in [0.1, 0.15) is 25.0 Å². The minimum absolute atomic E-state index is 0.264. The van der Waals surface area contributed by atoms with E-state index in [0.717, 1.165) is 32.7 Å². The summed E-state index contributed by atoms with van der Waals surface area (Å²) in [4.78, 5) is 37.6. The molecule has 5 N–H and O–H groups in total. The fourth-order valence-electron chi connectivity index (χ4n) is 4.35. The molecule has 0 bridgehead atoms. The average molecular weight is 497 g/mol. The van der Waals surface area contributed by atoms with Crippen LogP contribution in [0.5, 0.6) is 0 Å². The van der Waals surface area contributed by atoms with Crippen molar-refractivity contribution < 1.29 is 14.4 Å². The van der Waals surface area contributed by atoms with Gasteiger partial charge in [0.25, 0.3) is 0 Å². The molecule has 7 nitrogen and oxygen atoms in total. The molecule has 190 valence electrons. The van der Waals surface area contributed by atoms with Gasteiger partial charge in [-0.1, -0.05) is 84.9 Å². The second-order valence-corrected chi connectivity index (χ2v) is 9.82. The van der Waals surface area contributed by atoms with Gasteiger partial charge in [-0.3, -0.25) is 14.4 Å². The monoisotopic (exact) mass is 496 g/mol. The number of carbonyl (C=O) groups excluding carboxylic acids is 3. The van der Waals surface area contributed by atoms with Crippen molar-refractivity contribution in [3.05, 3.63) is 96.1 Å². The molecule has 0 aliphatic carbocycles. The fourth-order valence-corrected chi connectivity index (χ4v) is 4.35. The smallest absolute Gasteiger partial charge is 0.244 e. The Morgan fingerprint density at radius 1 is 0.838 bits per heavy atom. The number of benzene rings is 4. The molecular formula is C30H32N4O3. The quantitative estimate of drug-likeness (QED) is 0.199. The molecule has 0 spiro atoms. The number of hydrogen-bond acceptors (Lipinski definition) is 4. The molecule has 4 rings (SSSR count). The van der Waals surface area contributed by atoms with Crippen molar-refractivity contribution in [2.45, 2.75) is 44.4 Å². The van der Waals surface area contributed by atoms with Crippen molar-refractivity contribution in [3.63, 3.8) is 0 Å². The molecule has 0 aliphatic heterocycles. The molecule has 3 amide bonds. The van der Waals surface area contributed by atoms with Crippen molar-refractivity contribution in [1.82, 2.24) is 16.0 Å². The van der Waals surface area contributed by atoms with E-state index in [-0.39, 0.29) is 6.42 Å². The first-order valence-electron chi connectivity index (χ1n) is 12.3. The number of nitrogens with one attached hydrogen (secondary N) is 3. The van der Waals surface area contributed by atoms with Gasteiger partial charge >= 0.3 is 0 Å². The maximum Gasteiger partial charge on any atom is 0.244 e. The van der Waals surface area contributed by atoms with Gasteiger partial charge in [0.05, 0.1) is 5.54 Å². The van der Waals surface area contributed by atoms with Crippen LogP contribution in [-0.4, -0.2) is 36.0 Å². The van der Waals surface area contributed by atoms with Crippen LogP contribution in [0.4, 0.5) is 0 Å². The molecular weight excluding hydrogens is 464 g/mol. The zero-order valence-corrected chi connectivity index (χ0v) is 21.0. The molecule has 0 saturated carbocycles. The van der Waals surface area contributed by atoms with Gasteiger partial charge in [-0.2, -0.15) is 0 Å². The number of amides is 3. The summed E-state index contributed by atoms with van der Waals surface area (Å²) in [6.45, 7) is 3.18. The maximum absolute atomic E-state index is 13.5. The lowest BCUT2D eigenvalue weighted by Gasteiger charge is -2.26. The van der Waals surface area contributed by atoms with E-state index < -0.39 is 29.6 Å². The largest absolute Gasteiger partial charge is 0.342 e. The molecule has 2 atom stereocenters. The van der Waals surface area contributed by atoms with Crippen LogP contribution >= 0.6 is 0 Å². The Balaban J connectivity index is 1.57. The Hall–Kier alpha value is -4.23. The lowest BCUT2D eigenvalue weighted by molar-refractivity contribution is -0.131. The summed E-state index contributed by atoms with van der Waals surface area (Å²) in [5.41, 5.74) is 6.71. The zero-order valence-electron chi connectivity index (χ0n) is 21.0. The normalized spacial score (nSPS) is 13.1. The van der Waals surface area contributed by atoms with Crippen LogP contribution in [0.2, 0.25) is 0 Å². The Labute approximate surface area is 216 Å². The first-order chi connectivity index (χ1) is 17.7. The lowest BCUT2D eigenvalue weighted by Crippen LogP contribution is -2.59. The third kappa shape index (κ3) is 6.51. The molecule has 7 heteroatoms. The molecule has 0 radical (unpaired) electrons. The first kappa shape index (κ1) is 25.9. The van der Waals surface area contributed by atoms with Crippen molar-refractivity contribution in [2.24, 2.45) is 5.73 Å². The summed E-state index contributed by atoms with van der Waals surface area (Å²) < 4.78 is 0. The van der Waals surface area contributed by atoms with E-state index in [0.29, 0.717) is 12.8 Å². The highest BCUT2D eigenvalue weighted by molar-refractivity contribution is 5.92.